The van der Waals surface area contributed by atoms with Crippen LogP contribution in [0, 0.1) is 5.92 Å². The van der Waals surface area contributed by atoms with E-state index in [1.807, 2.05) is 14.1 Å². The van der Waals surface area contributed by atoms with Crippen LogP contribution in [-0.2, 0) is 0 Å². The van der Waals surface area contributed by atoms with Gasteiger partial charge in [0.25, 0.3) is 5.91 Å². The number of amides is 1. The topological polar surface area (TPSA) is 67.6 Å². The van der Waals surface area contributed by atoms with Crippen LogP contribution in [0.3, 0.4) is 0 Å². The van der Waals surface area contributed by atoms with Crippen LogP contribution in [-0.4, -0.2) is 44.6 Å². The number of nitrogen functional groups attached to an aromatic ring is 1. The molecule has 0 aliphatic carbocycles. The van der Waals surface area contributed by atoms with E-state index in [4.69, 9.17) is 10.5 Å². The molecule has 0 saturated carbocycles. The van der Waals surface area contributed by atoms with Crippen molar-refractivity contribution in [2.45, 2.75) is 26.3 Å². The van der Waals surface area contributed by atoms with E-state index in [1.165, 1.54) is 7.11 Å². The molecule has 0 spiro atoms. The first kappa shape index (κ1) is 17.3. The maximum Gasteiger partial charge on any atom is 0.255 e. The number of anilines is 1. The van der Waals surface area contributed by atoms with Crippen molar-refractivity contribution < 1.29 is 9.53 Å². The molecule has 0 saturated heterocycles. The molecule has 5 heteroatoms. The fraction of sp³-hybridized carbons (Fsp3) is 0.562. The molecule has 0 aliphatic rings. The van der Waals surface area contributed by atoms with Crippen LogP contribution in [0.25, 0.3) is 0 Å². The minimum absolute atomic E-state index is 0.106. The number of rotatable bonds is 7. The Morgan fingerprint density at radius 2 is 2.05 bits per heavy atom. The zero-order valence-electron chi connectivity index (χ0n) is 13.6. The molecule has 1 atom stereocenters. The average molecular weight is 293 g/mol. The van der Waals surface area contributed by atoms with E-state index in [9.17, 15) is 4.79 Å². The second kappa shape index (κ2) is 7.88. The Labute approximate surface area is 127 Å². The number of methoxy groups -OCH3 is 1. The third-order valence-corrected chi connectivity index (χ3v) is 3.15. The van der Waals surface area contributed by atoms with Gasteiger partial charge in [0.05, 0.1) is 12.7 Å². The Balaban J connectivity index is 2.85. The Kier molecular flexibility index (Phi) is 6.49. The summed E-state index contributed by atoms with van der Waals surface area (Å²) < 4.78 is 5.24. The van der Waals surface area contributed by atoms with Crippen molar-refractivity contribution in [2.24, 2.45) is 5.92 Å². The molecule has 1 aromatic carbocycles. The molecular weight excluding hydrogens is 266 g/mol. The van der Waals surface area contributed by atoms with Crippen LogP contribution in [0.5, 0.6) is 5.75 Å². The number of carbonyl (C=O) groups excluding carboxylic acids is 1. The van der Waals surface area contributed by atoms with Gasteiger partial charge in [0.15, 0.2) is 0 Å². The maximum absolute atomic E-state index is 12.5. The molecule has 0 fully saturated rings. The van der Waals surface area contributed by atoms with Crippen LogP contribution < -0.4 is 15.8 Å². The normalized spacial score (nSPS) is 12.5. The van der Waals surface area contributed by atoms with Gasteiger partial charge in [-0.1, -0.05) is 13.8 Å². The maximum atomic E-state index is 12.5. The van der Waals surface area contributed by atoms with Gasteiger partial charge in [-0.15, -0.1) is 0 Å². The summed E-state index contributed by atoms with van der Waals surface area (Å²) in [6, 6.07) is 5.18. The third-order valence-electron chi connectivity index (χ3n) is 3.15. The Morgan fingerprint density at radius 1 is 1.38 bits per heavy atom. The highest BCUT2D eigenvalue weighted by Gasteiger charge is 2.18. The van der Waals surface area contributed by atoms with Crippen molar-refractivity contribution in [3.8, 4) is 5.75 Å². The van der Waals surface area contributed by atoms with Crippen molar-refractivity contribution in [1.82, 2.24) is 10.2 Å². The van der Waals surface area contributed by atoms with Crippen LogP contribution in [0.15, 0.2) is 18.2 Å². The monoisotopic (exact) mass is 293 g/mol. The van der Waals surface area contributed by atoms with Crippen LogP contribution in [0.1, 0.15) is 30.6 Å². The zero-order chi connectivity index (χ0) is 16.0. The molecule has 1 unspecified atom stereocenters. The molecule has 1 aromatic rings. The zero-order valence-corrected chi connectivity index (χ0v) is 13.6. The van der Waals surface area contributed by atoms with Crippen molar-refractivity contribution >= 4 is 11.6 Å². The largest absolute Gasteiger partial charge is 0.496 e. The van der Waals surface area contributed by atoms with Crippen molar-refractivity contribution in [3.63, 3.8) is 0 Å². The fourth-order valence-electron chi connectivity index (χ4n) is 2.35. The van der Waals surface area contributed by atoms with Gasteiger partial charge in [-0.05, 0) is 38.6 Å². The van der Waals surface area contributed by atoms with Gasteiger partial charge in [0, 0.05) is 24.3 Å². The first-order valence-corrected chi connectivity index (χ1v) is 7.22. The van der Waals surface area contributed by atoms with E-state index >= 15 is 0 Å². The van der Waals surface area contributed by atoms with Crippen molar-refractivity contribution in [3.05, 3.63) is 23.8 Å². The lowest BCUT2D eigenvalue weighted by atomic mass is 10.0. The minimum atomic E-state index is -0.126. The molecule has 0 bridgehead atoms. The van der Waals surface area contributed by atoms with Gasteiger partial charge in [-0.25, -0.2) is 0 Å². The predicted octanol–water partition coefficient (Wildman–Crippen LogP) is 1.98. The summed E-state index contributed by atoms with van der Waals surface area (Å²) in [5.41, 5.74) is 6.81. The Morgan fingerprint density at radius 3 is 2.57 bits per heavy atom. The summed E-state index contributed by atoms with van der Waals surface area (Å²) in [5.74, 6) is 0.892. The molecule has 0 heterocycles. The lowest BCUT2D eigenvalue weighted by Crippen LogP contribution is -2.42. The number of nitrogens with one attached hydrogen (secondary N) is 1. The lowest BCUT2D eigenvalue weighted by Gasteiger charge is -2.24. The quantitative estimate of drug-likeness (QED) is 0.754. The Hall–Kier alpha value is -1.75. The first-order valence-electron chi connectivity index (χ1n) is 7.22. The van der Waals surface area contributed by atoms with Crippen molar-refractivity contribution in [1.29, 1.82) is 0 Å². The van der Waals surface area contributed by atoms with Gasteiger partial charge in [0.2, 0.25) is 0 Å². The molecular formula is C16H27N3O2. The number of nitrogens with two attached hydrogens (primary N) is 1. The van der Waals surface area contributed by atoms with E-state index in [0.717, 1.165) is 13.0 Å². The number of hydrogen-bond donors (Lipinski definition) is 2. The average Bonchev–Trinajstić information content (AvgIpc) is 2.36. The number of likely N-dealkylation sites (N-methyl/N-ethyl adjacent to an activating group) is 1. The summed E-state index contributed by atoms with van der Waals surface area (Å²) in [6.45, 7) is 5.11. The molecule has 118 valence electrons. The van der Waals surface area contributed by atoms with E-state index in [1.54, 1.807) is 18.2 Å². The summed E-state index contributed by atoms with van der Waals surface area (Å²) in [7, 11) is 5.55. The molecule has 5 nitrogen and oxygen atoms in total. The van der Waals surface area contributed by atoms with Crippen LogP contribution in [0.4, 0.5) is 5.69 Å². The predicted molar refractivity (Wildman–Crippen MR) is 86.7 cm³/mol. The molecule has 0 aromatic heterocycles. The first-order chi connectivity index (χ1) is 9.83. The van der Waals surface area contributed by atoms with Crippen LogP contribution >= 0.6 is 0 Å². The number of nitrogens with zero attached hydrogens (tertiary/aromatic N) is 1. The summed E-state index contributed by atoms with van der Waals surface area (Å²) in [4.78, 5) is 14.5. The third kappa shape index (κ3) is 5.63. The number of benzene rings is 1. The standard InChI is InChI=1S/C16H27N3O2/c1-11(2)8-13(10-19(3)4)18-16(20)14-7-6-12(17)9-15(14)21-5/h6-7,9,11,13H,8,10,17H2,1-5H3,(H,18,20). The van der Waals surface area contributed by atoms with E-state index in [-0.39, 0.29) is 11.9 Å². The molecule has 1 amide bonds. The van der Waals surface area contributed by atoms with Gasteiger partial charge < -0.3 is 20.7 Å². The number of ether oxygens (including phenoxy) is 1. The Bertz CT molecular complexity index is 463. The van der Waals surface area contributed by atoms with E-state index < -0.39 is 0 Å². The molecule has 3 N–H and O–H groups in total. The molecule has 0 aliphatic heterocycles. The molecule has 1 rings (SSSR count). The summed E-state index contributed by atoms with van der Waals surface area (Å²) in [5, 5.41) is 3.09. The highest BCUT2D eigenvalue weighted by atomic mass is 16.5. The molecule has 0 radical (unpaired) electrons. The van der Waals surface area contributed by atoms with Gasteiger partial charge >= 0.3 is 0 Å². The smallest absolute Gasteiger partial charge is 0.255 e. The van der Waals surface area contributed by atoms with E-state index in [2.05, 4.69) is 24.1 Å². The van der Waals surface area contributed by atoms with E-state index in [0.29, 0.717) is 22.9 Å². The van der Waals surface area contributed by atoms with Crippen LogP contribution in [0.2, 0.25) is 0 Å². The van der Waals surface area contributed by atoms with Gasteiger partial charge in [-0.2, -0.15) is 0 Å². The SMILES string of the molecule is COc1cc(N)ccc1C(=O)NC(CC(C)C)CN(C)C. The number of carbonyl (C=O) groups is 1. The minimum Gasteiger partial charge on any atom is -0.496 e. The summed E-state index contributed by atoms with van der Waals surface area (Å²) >= 11 is 0. The molecule has 21 heavy (non-hydrogen) atoms. The number of hydrogen-bond acceptors (Lipinski definition) is 4. The van der Waals surface area contributed by atoms with Gasteiger partial charge in [0.1, 0.15) is 5.75 Å². The van der Waals surface area contributed by atoms with Crippen molar-refractivity contribution in [2.75, 3.05) is 33.5 Å². The van der Waals surface area contributed by atoms with Gasteiger partial charge in [-0.3, -0.25) is 4.79 Å². The highest BCUT2D eigenvalue weighted by Crippen LogP contribution is 2.21. The summed E-state index contributed by atoms with van der Waals surface area (Å²) in [6.07, 6.45) is 0.932. The fourth-order valence-corrected chi connectivity index (χ4v) is 2.35. The lowest BCUT2D eigenvalue weighted by molar-refractivity contribution is 0.0921. The highest BCUT2D eigenvalue weighted by molar-refractivity contribution is 5.97. The second-order valence-corrected chi connectivity index (χ2v) is 6.02. The second-order valence-electron chi connectivity index (χ2n) is 6.02.